The minimum absolute atomic E-state index is 0. The van der Waals surface area contributed by atoms with Gasteiger partial charge in [0, 0.05) is 13.6 Å². The molecule has 0 aromatic heterocycles. The number of piperidine rings is 1. The number of halogens is 1. The number of β-amino-alcohol motifs (C(OH)–C–C–N with tert-alkyl or cyclic N) is 1. The van der Waals surface area contributed by atoms with Crippen LogP contribution < -0.4 is 10.6 Å². The monoisotopic (exact) mass is 382 g/mol. The zero-order chi connectivity index (χ0) is 18.0. The molecule has 8 nitrogen and oxygen atoms in total. The summed E-state index contributed by atoms with van der Waals surface area (Å²) in [6, 6.07) is 8.79. The third-order valence-electron chi connectivity index (χ3n) is 4.79. The van der Waals surface area contributed by atoms with Gasteiger partial charge in [-0.2, -0.15) is 0 Å². The Hall–Kier alpha value is -2.16. The molecule has 2 aliphatic rings. The van der Waals surface area contributed by atoms with E-state index in [1.807, 2.05) is 30.3 Å². The Bertz CT molecular complexity index is 687. The number of imide groups is 1. The zero-order valence-electron chi connectivity index (χ0n) is 14.5. The van der Waals surface area contributed by atoms with Gasteiger partial charge >= 0.3 is 6.03 Å². The fourth-order valence-electron chi connectivity index (χ4n) is 3.41. The van der Waals surface area contributed by atoms with Crippen LogP contribution in [0.1, 0.15) is 12.0 Å². The number of benzene rings is 1. The molecular formula is C17H23ClN4O4. The van der Waals surface area contributed by atoms with Gasteiger partial charge in [0.05, 0.1) is 11.6 Å². The molecular weight excluding hydrogens is 360 g/mol. The lowest BCUT2D eigenvalue weighted by atomic mass is 9.79. The van der Waals surface area contributed by atoms with E-state index in [0.29, 0.717) is 19.5 Å². The van der Waals surface area contributed by atoms with Gasteiger partial charge in [-0.3, -0.25) is 14.5 Å². The summed E-state index contributed by atoms with van der Waals surface area (Å²) in [5.74, 6) is -0.871. The van der Waals surface area contributed by atoms with E-state index in [2.05, 4.69) is 10.6 Å². The van der Waals surface area contributed by atoms with Crippen LogP contribution in [0.2, 0.25) is 0 Å². The maximum Gasteiger partial charge on any atom is 0.327 e. The number of amides is 4. The van der Waals surface area contributed by atoms with E-state index in [1.54, 1.807) is 0 Å². The summed E-state index contributed by atoms with van der Waals surface area (Å²) >= 11 is 0. The fraction of sp³-hybridized carbons (Fsp3) is 0.471. The molecule has 1 aromatic rings. The summed E-state index contributed by atoms with van der Waals surface area (Å²) < 4.78 is 0. The molecule has 0 spiro atoms. The standard InChI is InChI=1S/C17H22N4O4.ClH/c1-20-11-15(24)21(16(20)25)10-14(23)19-17(7-8-18-9-13(17)22)12-5-3-2-4-6-12;/h2-6,13,18,22H,7-11H2,1H3,(H,19,23);1H/t13-,17+;/m1./s1. The predicted molar refractivity (Wildman–Crippen MR) is 96.7 cm³/mol. The van der Waals surface area contributed by atoms with Crippen molar-refractivity contribution in [3.63, 3.8) is 0 Å². The third kappa shape index (κ3) is 3.67. The van der Waals surface area contributed by atoms with Crippen molar-refractivity contribution in [3.8, 4) is 0 Å². The van der Waals surface area contributed by atoms with Gasteiger partial charge in [0.2, 0.25) is 5.91 Å². The fourth-order valence-corrected chi connectivity index (χ4v) is 3.41. The molecule has 0 saturated carbocycles. The third-order valence-corrected chi connectivity index (χ3v) is 4.79. The van der Waals surface area contributed by atoms with Crippen LogP contribution in [0.15, 0.2) is 30.3 Å². The van der Waals surface area contributed by atoms with Crippen LogP contribution in [0.3, 0.4) is 0 Å². The summed E-state index contributed by atoms with van der Waals surface area (Å²) in [6.07, 6.45) is -0.314. The summed E-state index contributed by atoms with van der Waals surface area (Å²) in [5, 5.41) is 16.6. The maximum atomic E-state index is 12.6. The molecule has 4 amide bonds. The summed E-state index contributed by atoms with van der Waals surface area (Å²) in [7, 11) is 1.51. The van der Waals surface area contributed by atoms with Gasteiger partial charge in [0.15, 0.2) is 0 Å². The number of hydrogen-bond acceptors (Lipinski definition) is 5. The molecule has 2 atom stereocenters. The largest absolute Gasteiger partial charge is 0.389 e. The van der Waals surface area contributed by atoms with Crippen LogP contribution in [-0.2, 0) is 15.1 Å². The molecule has 9 heteroatoms. The van der Waals surface area contributed by atoms with E-state index in [9.17, 15) is 19.5 Å². The Kier molecular flexibility index (Phi) is 6.22. The minimum atomic E-state index is -0.943. The highest BCUT2D eigenvalue weighted by Gasteiger charge is 2.44. The van der Waals surface area contributed by atoms with E-state index in [4.69, 9.17) is 0 Å². The lowest BCUT2D eigenvalue weighted by molar-refractivity contribution is -0.132. The average molecular weight is 383 g/mol. The number of nitrogens with one attached hydrogen (secondary N) is 2. The molecule has 0 radical (unpaired) electrons. The Morgan fingerprint density at radius 3 is 2.62 bits per heavy atom. The smallest absolute Gasteiger partial charge is 0.327 e. The molecule has 2 aliphatic heterocycles. The molecule has 0 bridgehead atoms. The first-order valence-corrected chi connectivity index (χ1v) is 8.25. The molecule has 2 heterocycles. The summed E-state index contributed by atoms with van der Waals surface area (Å²) in [5.41, 5.74) is -0.144. The SMILES string of the molecule is CN1CC(=O)N(CC(=O)N[C@]2(c3ccccc3)CCNC[C@H]2O)C1=O.Cl. The van der Waals surface area contributed by atoms with Crippen molar-refractivity contribution in [2.45, 2.75) is 18.1 Å². The Labute approximate surface area is 157 Å². The van der Waals surface area contributed by atoms with Gasteiger partial charge in [-0.1, -0.05) is 30.3 Å². The van der Waals surface area contributed by atoms with Crippen LogP contribution in [0.4, 0.5) is 4.79 Å². The summed E-state index contributed by atoms with van der Waals surface area (Å²) in [6.45, 7) is 0.606. The normalized spacial score (nSPS) is 25.8. The van der Waals surface area contributed by atoms with E-state index in [0.717, 1.165) is 10.5 Å². The zero-order valence-corrected chi connectivity index (χ0v) is 15.3. The molecule has 142 valence electrons. The van der Waals surface area contributed by atoms with Crippen molar-refractivity contribution in [1.82, 2.24) is 20.4 Å². The molecule has 26 heavy (non-hydrogen) atoms. The number of carbonyl (C=O) groups is 3. The average Bonchev–Trinajstić information content (AvgIpc) is 2.84. The Balaban J connectivity index is 0.00000243. The number of urea groups is 1. The van der Waals surface area contributed by atoms with Crippen molar-refractivity contribution >= 4 is 30.3 Å². The molecule has 2 saturated heterocycles. The highest BCUT2D eigenvalue weighted by molar-refractivity contribution is 6.04. The number of rotatable bonds is 4. The number of aliphatic hydroxyl groups excluding tert-OH is 1. The topological polar surface area (TPSA) is 102 Å². The predicted octanol–water partition coefficient (Wildman–Crippen LogP) is -0.332. The first kappa shape index (κ1) is 20.2. The van der Waals surface area contributed by atoms with Gasteiger partial charge in [-0.05, 0) is 18.5 Å². The van der Waals surface area contributed by atoms with Gasteiger partial charge in [-0.25, -0.2) is 4.79 Å². The van der Waals surface area contributed by atoms with Crippen molar-refractivity contribution in [1.29, 1.82) is 0 Å². The van der Waals surface area contributed by atoms with Gasteiger partial charge < -0.3 is 20.6 Å². The van der Waals surface area contributed by atoms with Gasteiger partial charge in [-0.15, -0.1) is 12.4 Å². The molecule has 0 aliphatic carbocycles. The van der Waals surface area contributed by atoms with Crippen LogP contribution in [-0.4, -0.2) is 72.1 Å². The maximum absolute atomic E-state index is 12.6. The first-order chi connectivity index (χ1) is 11.9. The lowest BCUT2D eigenvalue weighted by Gasteiger charge is -2.43. The second-order valence-electron chi connectivity index (χ2n) is 6.47. The number of likely N-dealkylation sites (N-methyl/N-ethyl adjacent to an activating group) is 1. The Morgan fingerprint density at radius 2 is 2.04 bits per heavy atom. The molecule has 3 rings (SSSR count). The quantitative estimate of drug-likeness (QED) is 0.619. The highest BCUT2D eigenvalue weighted by Crippen LogP contribution is 2.31. The number of nitrogens with zero attached hydrogens (tertiary/aromatic N) is 2. The first-order valence-electron chi connectivity index (χ1n) is 8.25. The molecule has 2 fully saturated rings. The summed E-state index contributed by atoms with van der Waals surface area (Å²) in [4.78, 5) is 38.6. The van der Waals surface area contributed by atoms with Crippen molar-refractivity contribution in [2.75, 3.05) is 33.2 Å². The van der Waals surface area contributed by atoms with E-state index >= 15 is 0 Å². The van der Waals surface area contributed by atoms with Crippen molar-refractivity contribution in [2.24, 2.45) is 0 Å². The lowest BCUT2D eigenvalue weighted by Crippen LogP contribution is -2.62. The number of aliphatic hydroxyl groups is 1. The number of hydrogen-bond donors (Lipinski definition) is 3. The van der Waals surface area contributed by atoms with E-state index in [1.165, 1.54) is 11.9 Å². The second-order valence-corrected chi connectivity index (χ2v) is 6.47. The van der Waals surface area contributed by atoms with E-state index in [-0.39, 0.29) is 25.5 Å². The molecule has 3 N–H and O–H groups in total. The Morgan fingerprint density at radius 1 is 1.35 bits per heavy atom. The second kappa shape index (κ2) is 8.03. The minimum Gasteiger partial charge on any atom is -0.389 e. The van der Waals surface area contributed by atoms with Gasteiger partial charge in [0.25, 0.3) is 5.91 Å². The molecule has 1 aromatic carbocycles. The number of carbonyl (C=O) groups excluding carboxylic acids is 3. The highest BCUT2D eigenvalue weighted by atomic mass is 35.5. The van der Waals surface area contributed by atoms with Crippen LogP contribution in [0.5, 0.6) is 0 Å². The van der Waals surface area contributed by atoms with E-state index < -0.39 is 29.5 Å². The van der Waals surface area contributed by atoms with Crippen LogP contribution >= 0.6 is 12.4 Å². The van der Waals surface area contributed by atoms with Gasteiger partial charge in [0.1, 0.15) is 13.1 Å². The van der Waals surface area contributed by atoms with Crippen molar-refractivity contribution < 1.29 is 19.5 Å². The van der Waals surface area contributed by atoms with Crippen molar-refractivity contribution in [3.05, 3.63) is 35.9 Å². The molecule has 0 unspecified atom stereocenters. The van der Waals surface area contributed by atoms with Crippen LogP contribution in [0.25, 0.3) is 0 Å². The van der Waals surface area contributed by atoms with Crippen LogP contribution in [0, 0.1) is 0 Å².